The molecule has 0 heterocycles. The van der Waals surface area contributed by atoms with Crippen LogP contribution < -0.4 is 5.32 Å². The van der Waals surface area contributed by atoms with Gasteiger partial charge in [-0.1, -0.05) is 31.2 Å². The number of alkyl halides is 3. The zero-order valence-corrected chi connectivity index (χ0v) is 11.8. The van der Waals surface area contributed by atoms with Crippen molar-refractivity contribution in [1.29, 1.82) is 0 Å². The van der Waals surface area contributed by atoms with Gasteiger partial charge in [0.05, 0.1) is 11.1 Å². The molecule has 1 fully saturated rings. The summed E-state index contributed by atoms with van der Waals surface area (Å²) in [4.78, 5) is 12.2. The van der Waals surface area contributed by atoms with Crippen LogP contribution in [0.25, 0.3) is 0 Å². The highest BCUT2D eigenvalue weighted by Crippen LogP contribution is 2.36. The summed E-state index contributed by atoms with van der Waals surface area (Å²) in [6.07, 6.45) is -2.01. The van der Waals surface area contributed by atoms with Crippen LogP contribution in [0.4, 0.5) is 13.2 Å². The fourth-order valence-corrected chi connectivity index (χ4v) is 2.66. The first-order valence-corrected chi connectivity index (χ1v) is 6.99. The van der Waals surface area contributed by atoms with Crippen LogP contribution in [0.15, 0.2) is 36.4 Å². The molecule has 1 aromatic rings. The summed E-state index contributed by atoms with van der Waals surface area (Å²) < 4.78 is 38.8. The molecule has 114 valence electrons. The van der Waals surface area contributed by atoms with E-state index >= 15 is 0 Å². The third-order valence-corrected chi connectivity index (χ3v) is 4.02. The monoisotopic (exact) mass is 297 g/mol. The molecule has 2 unspecified atom stereocenters. The molecular weight excluding hydrogens is 279 g/mol. The third-order valence-electron chi connectivity index (χ3n) is 4.02. The molecule has 0 radical (unpaired) electrons. The largest absolute Gasteiger partial charge is 0.417 e. The summed E-state index contributed by atoms with van der Waals surface area (Å²) in [5, 5.41) is 2.73. The summed E-state index contributed by atoms with van der Waals surface area (Å²) in [5.74, 6) is -0.494. The topological polar surface area (TPSA) is 29.1 Å². The van der Waals surface area contributed by atoms with Crippen LogP contribution in [0.5, 0.6) is 0 Å². The van der Waals surface area contributed by atoms with Gasteiger partial charge in [-0.3, -0.25) is 4.79 Å². The van der Waals surface area contributed by atoms with Crippen molar-refractivity contribution in [2.45, 2.75) is 38.4 Å². The van der Waals surface area contributed by atoms with Crippen molar-refractivity contribution < 1.29 is 18.0 Å². The number of carbonyl (C=O) groups is 1. The molecule has 0 aromatic heterocycles. The standard InChI is InChI=1S/C16H18F3NO/c1-3-14(11-9-8-10(11)2)20-15(21)12-6-4-5-7-13(12)16(17,18)19/h4-7,11,14H,2-3,8-9H2,1H3,(H,20,21). The number of amides is 1. The van der Waals surface area contributed by atoms with Crippen molar-refractivity contribution in [3.8, 4) is 0 Å². The molecule has 0 aliphatic heterocycles. The van der Waals surface area contributed by atoms with Gasteiger partial charge in [0.1, 0.15) is 0 Å². The quantitative estimate of drug-likeness (QED) is 0.830. The van der Waals surface area contributed by atoms with Gasteiger partial charge in [-0.15, -0.1) is 0 Å². The number of nitrogens with one attached hydrogen (secondary N) is 1. The summed E-state index contributed by atoms with van der Waals surface area (Å²) in [5.41, 5.74) is -0.163. The predicted molar refractivity (Wildman–Crippen MR) is 74.9 cm³/mol. The van der Waals surface area contributed by atoms with Crippen molar-refractivity contribution in [3.63, 3.8) is 0 Å². The Morgan fingerprint density at radius 2 is 2.10 bits per heavy atom. The third kappa shape index (κ3) is 3.28. The number of hydrogen-bond donors (Lipinski definition) is 1. The average molecular weight is 297 g/mol. The van der Waals surface area contributed by atoms with Crippen LogP contribution in [0.2, 0.25) is 0 Å². The van der Waals surface area contributed by atoms with E-state index in [4.69, 9.17) is 0 Å². The van der Waals surface area contributed by atoms with Gasteiger partial charge >= 0.3 is 6.18 Å². The van der Waals surface area contributed by atoms with E-state index in [1.54, 1.807) is 0 Å². The summed E-state index contributed by atoms with van der Waals surface area (Å²) in [6.45, 7) is 5.83. The van der Waals surface area contributed by atoms with Gasteiger partial charge < -0.3 is 5.32 Å². The second-order valence-electron chi connectivity index (χ2n) is 5.33. The highest BCUT2D eigenvalue weighted by molar-refractivity contribution is 5.96. The van der Waals surface area contributed by atoms with Gasteiger partial charge in [0.15, 0.2) is 0 Å². The zero-order chi connectivity index (χ0) is 15.6. The van der Waals surface area contributed by atoms with Crippen molar-refractivity contribution in [2.24, 2.45) is 5.92 Å². The molecule has 0 bridgehead atoms. The first-order valence-electron chi connectivity index (χ1n) is 6.99. The molecule has 2 nitrogen and oxygen atoms in total. The minimum absolute atomic E-state index is 0.153. The second-order valence-corrected chi connectivity index (χ2v) is 5.33. The Bertz CT molecular complexity index is 551. The minimum Gasteiger partial charge on any atom is -0.349 e. The lowest BCUT2D eigenvalue weighted by Crippen LogP contribution is -2.43. The van der Waals surface area contributed by atoms with Gasteiger partial charge in [-0.05, 0) is 31.4 Å². The van der Waals surface area contributed by atoms with Crippen LogP contribution >= 0.6 is 0 Å². The SMILES string of the molecule is C=C1CCC1C(CC)NC(=O)c1ccccc1C(F)(F)F. The van der Waals surface area contributed by atoms with Crippen LogP contribution in [-0.2, 0) is 6.18 Å². The lowest BCUT2D eigenvalue weighted by Gasteiger charge is -2.36. The molecule has 0 saturated heterocycles. The smallest absolute Gasteiger partial charge is 0.349 e. The van der Waals surface area contributed by atoms with Crippen LogP contribution in [-0.4, -0.2) is 11.9 Å². The van der Waals surface area contributed by atoms with Crippen molar-refractivity contribution in [3.05, 3.63) is 47.5 Å². The van der Waals surface area contributed by atoms with E-state index < -0.39 is 17.6 Å². The van der Waals surface area contributed by atoms with E-state index in [1.165, 1.54) is 18.2 Å². The molecule has 1 saturated carbocycles. The first-order chi connectivity index (χ1) is 9.84. The van der Waals surface area contributed by atoms with Crippen molar-refractivity contribution in [2.75, 3.05) is 0 Å². The van der Waals surface area contributed by atoms with Gasteiger partial charge in [-0.2, -0.15) is 13.2 Å². The average Bonchev–Trinajstić information content (AvgIpc) is 2.43. The molecule has 5 heteroatoms. The number of hydrogen-bond acceptors (Lipinski definition) is 1. The minimum atomic E-state index is -4.53. The Hall–Kier alpha value is -1.78. The first kappa shape index (κ1) is 15.6. The van der Waals surface area contributed by atoms with E-state index in [0.717, 1.165) is 24.5 Å². The van der Waals surface area contributed by atoms with Gasteiger partial charge in [0, 0.05) is 12.0 Å². The number of carbonyl (C=O) groups excluding carboxylic acids is 1. The molecule has 1 aliphatic carbocycles. The van der Waals surface area contributed by atoms with E-state index in [1.807, 2.05) is 6.92 Å². The number of benzene rings is 1. The Balaban J connectivity index is 2.18. The highest BCUT2D eigenvalue weighted by Gasteiger charge is 2.36. The van der Waals surface area contributed by atoms with Crippen LogP contribution in [0.1, 0.15) is 42.1 Å². The molecule has 1 amide bonds. The fraction of sp³-hybridized carbons (Fsp3) is 0.438. The normalized spacial score (nSPS) is 19.8. The Morgan fingerprint density at radius 1 is 1.43 bits per heavy atom. The fourth-order valence-electron chi connectivity index (χ4n) is 2.66. The van der Waals surface area contributed by atoms with Gasteiger partial charge in [0.25, 0.3) is 5.91 Å². The predicted octanol–water partition coefficient (Wildman–Crippen LogP) is 4.18. The summed E-state index contributed by atoms with van der Waals surface area (Å²) in [6, 6.07) is 4.71. The molecule has 2 atom stereocenters. The Labute approximate surface area is 122 Å². The lowest BCUT2D eigenvalue weighted by molar-refractivity contribution is -0.137. The maximum Gasteiger partial charge on any atom is 0.417 e. The van der Waals surface area contributed by atoms with Gasteiger partial charge in [-0.25, -0.2) is 0 Å². The molecule has 2 rings (SSSR count). The summed E-state index contributed by atoms with van der Waals surface area (Å²) in [7, 11) is 0. The Kier molecular flexibility index (Phi) is 4.40. The van der Waals surface area contributed by atoms with Crippen LogP contribution in [0.3, 0.4) is 0 Å². The van der Waals surface area contributed by atoms with Crippen LogP contribution in [0, 0.1) is 5.92 Å². The number of rotatable bonds is 4. The number of halogens is 3. The molecule has 1 N–H and O–H groups in total. The molecule has 1 aliphatic rings. The van der Waals surface area contributed by atoms with E-state index in [2.05, 4.69) is 11.9 Å². The van der Waals surface area contributed by atoms with Crippen molar-refractivity contribution >= 4 is 5.91 Å². The summed E-state index contributed by atoms with van der Waals surface area (Å²) >= 11 is 0. The second kappa shape index (κ2) is 5.92. The highest BCUT2D eigenvalue weighted by atomic mass is 19.4. The molecule has 0 spiro atoms. The maximum atomic E-state index is 12.9. The lowest BCUT2D eigenvalue weighted by atomic mass is 9.74. The van der Waals surface area contributed by atoms with Crippen molar-refractivity contribution in [1.82, 2.24) is 5.32 Å². The Morgan fingerprint density at radius 3 is 2.57 bits per heavy atom. The van der Waals surface area contributed by atoms with E-state index in [9.17, 15) is 18.0 Å². The zero-order valence-electron chi connectivity index (χ0n) is 11.8. The molecular formula is C16H18F3NO. The maximum absolute atomic E-state index is 12.9. The molecule has 1 aromatic carbocycles. The van der Waals surface area contributed by atoms with E-state index in [-0.39, 0.29) is 17.5 Å². The van der Waals surface area contributed by atoms with E-state index in [0.29, 0.717) is 6.42 Å². The van der Waals surface area contributed by atoms with Gasteiger partial charge in [0.2, 0.25) is 0 Å². The molecule has 21 heavy (non-hydrogen) atoms.